The second kappa shape index (κ2) is 6.44. The quantitative estimate of drug-likeness (QED) is 0.858. The van der Waals surface area contributed by atoms with Crippen molar-refractivity contribution in [3.8, 4) is 0 Å². The summed E-state index contributed by atoms with van der Waals surface area (Å²) in [4.78, 5) is 3.16. The van der Waals surface area contributed by atoms with E-state index in [0.29, 0.717) is 12.3 Å². The minimum Gasteiger partial charge on any atom is -0.329 e. The summed E-state index contributed by atoms with van der Waals surface area (Å²) in [5.74, 6) is 1.57. The third kappa shape index (κ3) is 3.54. The van der Waals surface area contributed by atoms with Crippen molar-refractivity contribution in [1.29, 1.82) is 0 Å². The van der Waals surface area contributed by atoms with E-state index >= 15 is 0 Å². The first kappa shape index (κ1) is 15.8. The molecule has 0 radical (unpaired) electrons. The molecule has 1 aliphatic heterocycles. The molecule has 0 amide bonds. The van der Waals surface area contributed by atoms with Crippen LogP contribution in [0.1, 0.15) is 10.9 Å². The van der Waals surface area contributed by atoms with E-state index in [9.17, 15) is 8.42 Å². The van der Waals surface area contributed by atoms with Gasteiger partial charge in [-0.15, -0.1) is 11.3 Å². The first-order valence-electron chi connectivity index (χ1n) is 5.90. The maximum atomic E-state index is 12.0. The molecule has 2 unspecified atom stereocenters. The van der Waals surface area contributed by atoms with E-state index in [0.717, 1.165) is 21.6 Å². The molecule has 0 spiro atoms. The summed E-state index contributed by atoms with van der Waals surface area (Å²) in [6, 6.07) is 1.95. The third-order valence-corrected chi connectivity index (χ3v) is 7.82. The standard InChI is InChI=1S/C11H17BrN2O2S3/c1-19(15,16)10-7-17-5-3-14(10)9(6-13)11-8(12)2-4-18-11/h2,4,9-10H,3,5-7,13H2,1H3. The number of thiophene rings is 1. The molecule has 2 N–H and O–H groups in total. The zero-order valence-electron chi connectivity index (χ0n) is 10.6. The number of thioether (sulfide) groups is 1. The van der Waals surface area contributed by atoms with Crippen molar-refractivity contribution in [1.82, 2.24) is 4.90 Å². The zero-order chi connectivity index (χ0) is 14.0. The van der Waals surface area contributed by atoms with Gasteiger partial charge in [-0.25, -0.2) is 8.42 Å². The lowest BCUT2D eigenvalue weighted by Gasteiger charge is -2.39. The Bertz CT molecular complexity index is 532. The van der Waals surface area contributed by atoms with E-state index in [1.54, 1.807) is 23.1 Å². The minimum absolute atomic E-state index is 0.0324. The predicted octanol–water partition coefficient (Wildman–Crippen LogP) is 1.93. The average molecular weight is 385 g/mol. The number of rotatable bonds is 4. The summed E-state index contributed by atoms with van der Waals surface area (Å²) in [6.07, 6.45) is 1.31. The second-order valence-corrected chi connectivity index (χ2v) is 9.64. The van der Waals surface area contributed by atoms with Crippen molar-refractivity contribution in [2.45, 2.75) is 11.4 Å². The lowest BCUT2D eigenvalue weighted by molar-refractivity contribution is 0.200. The van der Waals surface area contributed by atoms with Crippen molar-refractivity contribution >= 4 is 48.9 Å². The fourth-order valence-corrected chi connectivity index (χ4v) is 6.95. The Morgan fingerprint density at radius 2 is 2.37 bits per heavy atom. The van der Waals surface area contributed by atoms with Crippen LogP contribution in [-0.2, 0) is 9.84 Å². The molecular weight excluding hydrogens is 368 g/mol. The Balaban J connectivity index is 2.33. The van der Waals surface area contributed by atoms with Gasteiger partial charge >= 0.3 is 0 Å². The van der Waals surface area contributed by atoms with Gasteiger partial charge < -0.3 is 5.73 Å². The van der Waals surface area contributed by atoms with Gasteiger partial charge in [0.25, 0.3) is 0 Å². The van der Waals surface area contributed by atoms with Gasteiger partial charge in [-0.05, 0) is 27.4 Å². The SMILES string of the molecule is CS(=O)(=O)C1CSCCN1C(CN)c1sccc1Br. The van der Waals surface area contributed by atoms with Gasteiger partial charge in [0.05, 0.1) is 6.04 Å². The lowest BCUT2D eigenvalue weighted by Crippen LogP contribution is -2.50. The highest BCUT2D eigenvalue weighted by Gasteiger charge is 2.36. The number of nitrogens with zero attached hydrogens (tertiary/aromatic N) is 1. The lowest BCUT2D eigenvalue weighted by atomic mass is 10.2. The van der Waals surface area contributed by atoms with E-state index in [4.69, 9.17) is 5.73 Å². The van der Waals surface area contributed by atoms with E-state index in [1.165, 1.54) is 6.26 Å². The molecule has 0 bridgehead atoms. The Hall–Kier alpha value is 0.400. The normalized spacial score (nSPS) is 23.4. The molecule has 1 saturated heterocycles. The Morgan fingerprint density at radius 1 is 1.63 bits per heavy atom. The van der Waals surface area contributed by atoms with Crippen LogP contribution < -0.4 is 5.73 Å². The monoisotopic (exact) mass is 384 g/mol. The van der Waals surface area contributed by atoms with Crippen LogP contribution in [0.25, 0.3) is 0 Å². The van der Waals surface area contributed by atoms with E-state index < -0.39 is 15.2 Å². The third-order valence-electron chi connectivity index (χ3n) is 3.19. The molecule has 1 aromatic rings. The number of nitrogens with two attached hydrogens (primary N) is 1. The van der Waals surface area contributed by atoms with Gasteiger partial charge in [-0.1, -0.05) is 0 Å². The summed E-state index contributed by atoms with van der Waals surface area (Å²) in [7, 11) is -3.10. The zero-order valence-corrected chi connectivity index (χ0v) is 14.6. The van der Waals surface area contributed by atoms with Crippen LogP contribution in [0.15, 0.2) is 15.9 Å². The van der Waals surface area contributed by atoms with E-state index in [1.807, 2.05) is 16.3 Å². The molecule has 0 aromatic carbocycles. The van der Waals surface area contributed by atoms with Crippen LogP contribution in [0.3, 0.4) is 0 Å². The Morgan fingerprint density at radius 3 is 2.89 bits per heavy atom. The Labute approximate surface area is 130 Å². The fraction of sp³-hybridized carbons (Fsp3) is 0.636. The fourth-order valence-electron chi connectivity index (χ4n) is 2.26. The van der Waals surface area contributed by atoms with Crippen molar-refractivity contribution in [2.24, 2.45) is 5.73 Å². The van der Waals surface area contributed by atoms with Crippen LogP contribution in [0.4, 0.5) is 0 Å². The highest BCUT2D eigenvalue weighted by Crippen LogP contribution is 2.36. The maximum absolute atomic E-state index is 12.0. The van der Waals surface area contributed by atoms with Crippen LogP contribution in [0.5, 0.6) is 0 Å². The van der Waals surface area contributed by atoms with Crippen LogP contribution >= 0.6 is 39.0 Å². The summed E-state index contributed by atoms with van der Waals surface area (Å²) in [5, 5.41) is 1.56. The van der Waals surface area contributed by atoms with Gasteiger partial charge in [-0.2, -0.15) is 11.8 Å². The number of hydrogen-bond donors (Lipinski definition) is 1. The highest BCUT2D eigenvalue weighted by molar-refractivity contribution is 9.10. The average Bonchev–Trinajstić information content (AvgIpc) is 2.76. The van der Waals surface area contributed by atoms with Crippen molar-refractivity contribution in [3.05, 3.63) is 20.8 Å². The molecule has 19 heavy (non-hydrogen) atoms. The smallest absolute Gasteiger partial charge is 0.164 e. The topological polar surface area (TPSA) is 63.4 Å². The molecule has 8 heteroatoms. The molecule has 1 aromatic heterocycles. The minimum atomic E-state index is -3.10. The van der Waals surface area contributed by atoms with Gasteiger partial charge in [-0.3, -0.25) is 4.90 Å². The van der Waals surface area contributed by atoms with Crippen LogP contribution in [0.2, 0.25) is 0 Å². The largest absolute Gasteiger partial charge is 0.329 e. The van der Waals surface area contributed by atoms with E-state index in [2.05, 4.69) is 15.9 Å². The maximum Gasteiger partial charge on any atom is 0.164 e. The second-order valence-electron chi connectivity index (χ2n) is 4.48. The molecule has 0 saturated carbocycles. The van der Waals surface area contributed by atoms with Gasteiger partial charge in [0.2, 0.25) is 0 Å². The molecule has 2 heterocycles. The van der Waals surface area contributed by atoms with Gasteiger partial charge in [0.1, 0.15) is 5.37 Å². The highest BCUT2D eigenvalue weighted by atomic mass is 79.9. The molecule has 2 atom stereocenters. The number of sulfone groups is 1. The van der Waals surface area contributed by atoms with Gasteiger partial charge in [0.15, 0.2) is 9.84 Å². The summed E-state index contributed by atoms with van der Waals surface area (Å²) < 4.78 is 24.9. The van der Waals surface area contributed by atoms with E-state index in [-0.39, 0.29) is 6.04 Å². The summed E-state index contributed by atoms with van der Waals surface area (Å²) >= 11 is 6.83. The number of halogens is 1. The predicted molar refractivity (Wildman–Crippen MR) is 86.5 cm³/mol. The van der Waals surface area contributed by atoms with Gasteiger partial charge in [0, 0.05) is 40.2 Å². The molecule has 108 valence electrons. The molecule has 1 aliphatic rings. The first-order chi connectivity index (χ1) is 8.95. The summed E-state index contributed by atoms with van der Waals surface area (Å²) in [6.45, 7) is 1.18. The Kier molecular flexibility index (Phi) is 5.35. The van der Waals surface area contributed by atoms with Crippen molar-refractivity contribution < 1.29 is 8.42 Å². The number of hydrogen-bond acceptors (Lipinski definition) is 6. The molecule has 2 rings (SSSR count). The van der Waals surface area contributed by atoms with Crippen molar-refractivity contribution in [3.63, 3.8) is 0 Å². The molecule has 0 aliphatic carbocycles. The van der Waals surface area contributed by atoms with Crippen LogP contribution in [0, 0.1) is 0 Å². The molecular formula is C11H17BrN2O2S3. The molecule has 4 nitrogen and oxygen atoms in total. The van der Waals surface area contributed by atoms with Crippen LogP contribution in [-0.4, -0.2) is 49.5 Å². The summed E-state index contributed by atoms with van der Waals surface area (Å²) in [5.41, 5.74) is 5.91. The van der Waals surface area contributed by atoms with Crippen molar-refractivity contribution in [2.75, 3.05) is 30.9 Å². The first-order valence-corrected chi connectivity index (χ1v) is 10.7. The molecule has 1 fully saturated rings.